The standard InChI is InChI=1S/C21H22ClN5O2/c1-13-7-14(2)27(26-13)6-3-20(28)25-11-17-9-15-8-16(22)10-18(21(15)29-17)19-12-23-4-5-24-19/h4-5,7-8,10,12,17H,3,6,9,11H2,1-2H3,(H,25,28). The highest BCUT2D eigenvalue weighted by Gasteiger charge is 2.27. The zero-order valence-electron chi connectivity index (χ0n) is 16.4. The Morgan fingerprint density at radius 2 is 2.17 bits per heavy atom. The molecule has 0 radical (unpaired) electrons. The number of ether oxygens (including phenoxy) is 1. The molecule has 1 amide bonds. The van der Waals surface area contributed by atoms with E-state index in [-0.39, 0.29) is 12.0 Å². The Hall–Kier alpha value is -2.93. The van der Waals surface area contributed by atoms with E-state index < -0.39 is 0 Å². The lowest BCUT2D eigenvalue weighted by Crippen LogP contribution is -2.34. The molecule has 0 spiro atoms. The summed E-state index contributed by atoms with van der Waals surface area (Å²) in [5.74, 6) is 0.737. The molecule has 8 heteroatoms. The first-order valence-electron chi connectivity index (χ1n) is 9.53. The molecule has 4 rings (SSSR count). The summed E-state index contributed by atoms with van der Waals surface area (Å²) in [6.07, 6.45) is 5.86. The molecule has 0 fully saturated rings. The molecule has 1 aliphatic heterocycles. The first-order valence-corrected chi connectivity index (χ1v) is 9.90. The van der Waals surface area contributed by atoms with Crippen molar-refractivity contribution in [3.63, 3.8) is 0 Å². The number of hydrogen-bond donors (Lipinski definition) is 1. The Balaban J connectivity index is 1.36. The molecule has 150 valence electrons. The number of carbonyl (C=O) groups excluding carboxylic acids is 1. The van der Waals surface area contributed by atoms with Gasteiger partial charge in [0.15, 0.2) is 0 Å². The summed E-state index contributed by atoms with van der Waals surface area (Å²) in [6, 6.07) is 5.74. The van der Waals surface area contributed by atoms with Crippen LogP contribution in [0.1, 0.15) is 23.4 Å². The van der Waals surface area contributed by atoms with Gasteiger partial charge in [-0.05, 0) is 32.0 Å². The van der Waals surface area contributed by atoms with Crippen molar-refractivity contribution in [1.82, 2.24) is 25.1 Å². The van der Waals surface area contributed by atoms with Gasteiger partial charge in [0.25, 0.3) is 0 Å². The number of carbonyl (C=O) groups is 1. The molecular weight excluding hydrogens is 390 g/mol. The summed E-state index contributed by atoms with van der Waals surface area (Å²) in [7, 11) is 0. The maximum absolute atomic E-state index is 12.3. The SMILES string of the molecule is Cc1cc(C)n(CCC(=O)NCC2Cc3cc(Cl)cc(-c4cnccn4)c3O2)n1. The monoisotopic (exact) mass is 411 g/mol. The van der Waals surface area contributed by atoms with Crippen molar-refractivity contribution < 1.29 is 9.53 Å². The first kappa shape index (κ1) is 19.4. The smallest absolute Gasteiger partial charge is 0.221 e. The van der Waals surface area contributed by atoms with Crippen LogP contribution in [-0.4, -0.2) is 38.3 Å². The van der Waals surface area contributed by atoms with Crippen LogP contribution in [0.4, 0.5) is 0 Å². The number of halogens is 1. The first-order chi connectivity index (χ1) is 14.0. The molecule has 7 nitrogen and oxygen atoms in total. The number of amides is 1. The van der Waals surface area contributed by atoms with Crippen LogP contribution < -0.4 is 10.1 Å². The Kier molecular flexibility index (Phi) is 5.49. The molecule has 1 aromatic carbocycles. The average Bonchev–Trinajstić information content (AvgIpc) is 3.26. The molecule has 2 aromatic heterocycles. The van der Waals surface area contributed by atoms with Crippen LogP contribution in [0.15, 0.2) is 36.8 Å². The van der Waals surface area contributed by atoms with E-state index in [1.807, 2.05) is 36.7 Å². The van der Waals surface area contributed by atoms with Crippen molar-refractivity contribution in [3.8, 4) is 17.0 Å². The van der Waals surface area contributed by atoms with E-state index in [2.05, 4.69) is 20.4 Å². The molecule has 0 saturated carbocycles. The molecule has 0 aliphatic carbocycles. The predicted octanol–water partition coefficient (Wildman–Crippen LogP) is 3.12. The summed E-state index contributed by atoms with van der Waals surface area (Å²) < 4.78 is 7.98. The number of hydrogen-bond acceptors (Lipinski definition) is 5. The van der Waals surface area contributed by atoms with Gasteiger partial charge in [0.2, 0.25) is 5.91 Å². The number of fused-ring (bicyclic) bond motifs is 1. The normalized spacial score (nSPS) is 15.1. The van der Waals surface area contributed by atoms with Crippen molar-refractivity contribution in [3.05, 3.63) is 58.8 Å². The maximum Gasteiger partial charge on any atom is 0.221 e. The highest BCUT2D eigenvalue weighted by molar-refractivity contribution is 6.31. The fourth-order valence-electron chi connectivity index (χ4n) is 3.56. The third-order valence-electron chi connectivity index (χ3n) is 4.88. The number of nitrogens with one attached hydrogen (secondary N) is 1. The summed E-state index contributed by atoms with van der Waals surface area (Å²) in [5.41, 5.74) is 4.55. The van der Waals surface area contributed by atoms with Gasteiger partial charge in [-0.1, -0.05) is 11.6 Å². The second-order valence-electron chi connectivity index (χ2n) is 7.18. The lowest BCUT2D eigenvalue weighted by atomic mass is 10.0. The minimum atomic E-state index is -0.142. The van der Waals surface area contributed by atoms with Crippen LogP contribution in [0.3, 0.4) is 0 Å². The Bertz CT molecular complexity index is 1040. The molecule has 3 aromatic rings. The topological polar surface area (TPSA) is 81.9 Å². The molecule has 0 saturated heterocycles. The molecule has 0 bridgehead atoms. The van der Waals surface area contributed by atoms with Gasteiger partial charge in [0, 0.05) is 53.6 Å². The zero-order chi connectivity index (χ0) is 20.4. The van der Waals surface area contributed by atoms with Crippen molar-refractivity contribution >= 4 is 17.5 Å². The molecule has 1 atom stereocenters. The number of benzene rings is 1. The fourth-order valence-corrected chi connectivity index (χ4v) is 3.80. The fraction of sp³-hybridized carbons (Fsp3) is 0.333. The molecule has 1 aliphatic rings. The van der Waals surface area contributed by atoms with E-state index in [1.54, 1.807) is 18.6 Å². The van der Waals surface area contributed by atoms with Crippen molar-refractivity contribution in [2.75, 3.05) is 6.54 Å². The van der Waals surface area contributed by atoms with Crippen LogP contribution in [0.25, 0.3) is 11.3 Å². The third kappa shape index (κ3) is 4.40. The highest BCUT2D eigenvalue weighted by atomic mass is 35.5. The summed E-state index contributed by atoms with van der Waals surface area (Å²) in [5, 5.41) is 7.97. The van der Waals surface area contributed by atoms with Crippen molar-refractivity contribution in [2.24, 2.45) is 0 Å². The largest absolute Gasteiger partial charge is 0.487 e. The van der Waals surface area contributed by atoms with Crippen LogP contribution in [0, 0.1) is 13.8 Å². The number of nitrogens with zero attached hydrogens (tertiary/aromatic N) is 4. The van der Waals surface area contributed by atoms with E-state index in [1.165, 1.54) is 0 Å². The summed E-state index contributed by atoms with van der Waals surface area (Å²) in [6.45, 7) is 4.92. The third-order valence-corrected chi connectivity index (χ3v) is 5.10. The second-order valence-corrected chi connectivity index (χ2v) is 7.62. The van der Waals surface area contributed by atoms with Gasteiger partial charge in [0.1, 0.15) is 11.9 Å². The van der Waals surface area contributed by atoms with E-state index in [0.29, 0.717) is 36.6 Å². The average molecular weight is 412 g/mol. The van der Waals surface area contributed by atoms with Gasteiger partial charge in [-0.15, -0.1) is 0 Å². The minimum Gasteiger partial charge on any atom is -0.487 e. The molecule has 1 unspecified atom stereocenters. The summed E-state index contributed by atoms with van der Waals surface area (Å²) >= 11 is 6.29. The quantitative estimate of drug-likeness (QED) is 0.673. The van der Waals surface area contributed by atoms with Crippen LogP contribution in [0.5, 0.6) is 5.75 Å². The second kappa shape index (κ2) is 8.21. The Morgan fingerprint density at radius 3 is 2.90 bits per heavy atom. The molecule has 1 N–H and O–H groups in total. The molecule has 3 heterocycles. The summed E-state index contributed by atoms with van der Waals surface area (Å²) in [4.78, 5) is 20.7. The zero-order valence-corrected chi connectivity index (χ0v) is 17.1. The predicted molar refractivity (Wildman–Crippen MR) is 110 cm³/mol. The lowest BCUT2D eigenvalue weighted by Gasteiger charge is -2.13. The van der Waals surface area contributed by atoms with Gasteiger partial charge in [-0.3, -0.25) is 19.4 Å². The number of aromatic nitrogens is 4. The van der Waals surface area contributed by atoms with Crippen LogP contribution in [0.2, 0.25) is 5.02 Å². The number of rotatable bonds is 6. The number of aryl methyl sites for hydroxylation is 3. The van der Waals surface area contributed by atoms with Crippen LogP contribution in [-0.2, 0) is 17.8 Å². The van der Waals surface area contributed by atoms with Gasteiger partial charge >= 0.3 is 0 Å². The van der Waals surface area contributed by atoms with Crippen molar-refractivity contribution in [1.29, 1.82) is 0 Å². The van der Waals surface area contributed by atoms with Gasteiger partial charge in [-0.25, -0.2) is 0 Å². The lowest BCUT2D eigenvalue weighted by molar-refractivity contribution is -0.121. The van der Waals surface area contributed by atoms with E-state index in [0.717, 1.165) is 28.3 Å². The van der Waals surface area contributed by atoms with Crippen molar-refractivity contribution in [2.45, 2.75) is 39.3 Å². The minimum absolute atomic E-state index is 0.0238. The van der Waals surface area contributed by atoms with Gasteiger partial charge in [0.05, 0.1) is 24.1 Å². The highest BCUT2D eigenvalue weighted by Crippen LogP contribution is 2.40. The molecular formula is C21H22ClN5O2. The van der Waals surface area contributed by atoms with Gasteiger partial charge < -0.3 is 10.1 Å². The Labute approximate surface area is 174 Å². The van der Waals surface area contributed by atoms with E-state index >= 15 is 0 Å². The van der Waals surface area contributed by atoms with E-state index in [9.17, 15) is 4.79 Å². The van der Waals surface area contributed by atoms with Crippen LogP contribution >= 0.6 is 11.6 Å². The molecule has 29 heavy (non-hydrogen) atoms. The maximum atomic E-state index is 12.3. The van der Waals surface area contributed by atoms with Gasteiger partial charge in [-0.2, -0.15) is 5.10 Å². The Morgan fingerprint density at radius 1 is 1.31 bits per heavy atom. The van der Waals surface area contributed by atoms with E-state index in [4.69, 9.17) is 16.3 Å².